The summed E-state index contributed by atoms with van der Waals surface area (Å²) in [5.74, 6) is 0. The van der Waals surface area contributed by atoms with Gasteiger partial charge in [0.1, 0.15) is 0 Å². The molecule has 0 atom stereocenters. The number of aryl methyl sites for hydroxylation is 1. The summed E-state index contributed by atoms with van der Waals surface area (Å²) in [7, 11) is -3.42. The van der Waals surface area contributed by atoms with Crippen molar-refractivity contribution >= 4 is 27.5 Å². The van der Waals surface area contributed by atoms with Crippen LogP contribution < -0.4 is 0 Å². The van der Waals surface area contributed by atoms with E-state index >= 15 is 0 Å². The maximum atomic E-state index is 12.1. The third-order valence-corrected chi connectivity index (χ3v) is 4.33. The molecule has 0 saturated carbocycles. The van der Waals surface area contributed by atoms with E-state index in [0.29, 0.717) is 5.02 Å². The topological polar surface area (TPSA) is 34.1 Å². The molecule has 2 aromatic carbocycles. The minimum atomic E-state index is -3.42. The minimum Gasteiger partial charge on any atom is -0.219 e. The molecule has 98 valence electrons. The van der Waals surface area contributed by atoms with Gasteiger partial charge in [0.15, 0.2) is 9.84 Å². The molecule has 0 aliphatic rings. The normalized spacial score (nSPS) is 11.9. The molecule has 0 aliphatic heterocycles. The fourth-order valence-corrected chi connectivity index (χ4v) is 2.68. The van der Waals surface area contributed by atoms with E-state index in [9.17, 15) is 8.42 Å². The number of hydrogen-bond donors (Lipinski definition) is 0. The lowest BCUT2D eigenvalue weighted by molar-refractivity contribution is 0.605. The van der Waals surface area contributed by atoms with E-state index in [-0.39, 0.29) is 4.90 Å². The van der Waals surface area contributed by atoms with Gasteiger partial charge >= 0.3 is 0 Å². The first-order valence-electron chi connectivity index (χ1n) is 5.73. The van der Waals surface area contributed by atoms with Gasteiger partial charge in [0.25, 0.3) is 0 Å². The van der Waals surface area contributed by atoms with Crippen molar-refractivity contribution < 1.29 is 8.42 Å². The van der Waals surface area contributed by atoms with Gasteiger partial charge in [-0.25, -0.2) is 8.42 Å². The number of hydrogen-bond acceptors (Lipinski definition) is 2. The van der Waals surface area contributed by atoms with Crippen LogP contribution in [0.4, 0.5) is 0 Å². The van der Waals surface area contributed by atoms with Crippen molar-refractivity contribution in [1.29, 1.82) is 0 Å². The van der Waals surface area contributed by atoms with E-state index in [1.165, 1.54) is 17.5 Å². The van der Waals surface area contributed by atoms with Crippen LogP contribution >= 0.6 is 11.6 Å². The molecule has 0 aliphatic carbocycles. The second-order valence-corrected chi connectivity index (χ2v) is 6.48. The Labute approximate surface area is 118 Å². The number of halogens is 1. The molecule has 2 rings (SSSR count). The summed E-state index contributed by atoms with van der Waals surface area (Å²) in [6.07, 6.45) is 1.59. The average Bonchev–Trinajstić information content (AvgIpc) is 2.39. The van der Waals surface area contributed by atoms with Crippen LogP contribution in [-0.2, 0) is 9.84 Å². The van der Waals surface area contributed by atoms with Gasteiger partial charge in [-0.05, 0) is 42.8 Å². The van der Waals surface area contributed by atoms with E-state index < -0.39 is 9.84 Å². The van der Waals surface area contributed by atoms with E-state index in [4.69, 9.17) is 11.6 Å². The standard InChI is InChI=1S/C15H13ClO2S/c1-12-2-4-13(5-3-12)10-11-19(17,18)15-8-6-14(16)7-9-15/h2-11H,1H3/b11-10+. The Morgan fingerprint density at radius 1 is 0.947 bits per heavy atom. The van der Waals surface area contributed by atoms with Crippen LogP contribution in [0.1, 0.15) is 11.1 Å². The molecular formula is C15H13ClO2S. The second kappa shape index (κ2) is 5.59. The molecule has 2 nitrogen and oxygen atoms in total. The largest absolute Gasteiger partial charge is 0.219 e. The van der Waals surface area contributed by atoms with Crippen LogP contribution in [0, 0.1) is 6.92 Å². The third kappa shape index (κ3) is 3.69. The first-order valence-corrected chi connectivity index (χ1v) is 7.65. The van der Waals surface area contributed by atoms with Gasteiger partial charge in [-0.2, -0.15) is 0 Å². The molecule has 0 bridgehead atoms. The summed E-state index contributed by atoms with van der Waals surface area (Å²) in [4.78, 5) is 0.236. The monoisotopic (exact) mass is 292 g/mol. The quantitative estimate of drug-likeness (QED) is 0.854. The van der Waals surface area contributed by atoms with Gasteiger partial charge in [0.05, 0.1) is 4.90 Å². The van der Waals surface area contributed by atoms with E-state index in [1.807, 2.05) is 31.2 Å². The Kier molecular flexibility index (Phi) is 4.08. The zero-order chi connectivity index (χ0) is 13.9. The molecule has 4 heteroatoms. The maximum absolute atomic E-state index is 12.1. The molecule has 0 amide bonds. The zero-order valence-corrected chi connectivity index (χ0v) is 11.9. The Balaban J connectivity index is 2.26. The van der Waals surface area contributed by atoms with Crippen LogP contribution in [0.25, 0.3) is 6.08 Å². The van der Waals surface area contributed by atoms with Crippen LogP contribution in [-0.4, -0.2) is 8.42 Å². The SMILES string of the molecule is Cc1ccc(/C=C/S(=O)(=O)c2ccc(Cl)cc2)cc1. The highest BCUT2D eigenvalue weighted by atomic mass is 35.5. The summed E-state index contributed by atoms with van der Waals surface area (Å²) in [5, 5.41) is 1.72. The highest BCUT2D eigenvalue weighted by molar-refractivity contribution is 7.94. The van der Waals surface area contributed by atoms with Crippen LogP contribution in [0.2, 0.25) is 5.02 Å². The predicted octanol–water partition coefficient (Wildman–Crippen LogP) is 4.09. The van der Waals surface area contributed by atoms with Gasteiger partial charge in [0.2, 0.25) is 0 Å². The molecule has 0 radical (unpaired) electrons. The smallest absolute Gasteiger partial charge is 0.199 e. The van der Waals surface area contributed by atoms with Crippen LogP contribution in [0.5, 0.6) is 0 Å². The minimum absolute atomic E-state index is 0.236. The highest BCUT2D eigenvalue weighted by Gasteiger charge is 2.09. The third-order valence-electron chi connectivity index (χ3n) is 2.66. The van der Waals surface area contributed by atoms with Crippen molar-refractivity contribution in [3.8, 4) is 0 Å². The van der Waals surface area contributed by atoms with Gasteiger partial charge in [-0.1, -0.05) is 41.4 Å². The predicted molar refractivity (Wildman–Crippen MR) is 78.9 cm³/mol. The number of rotatable bonds is 3. The number of sulfone groups is 1. The molecule has 0 saturated heterocycles. The van der Waals surface area contributed by atoms with E-state index in [1.54, 1.807) is 18.2 Å². The zero-order valence-electron chi connectivity index (χ0n) is 10.4. The van der Waals surface area contributed by atoms with Crippen LogP contribution in [0.3, 0.4) is 0 Å². The molecule has 0 aromatic heterocycles. The van der Waals surface area contributed by atoms with Crippen LogP contribution in [0.15, 0.2) is 58.8 Å². The summed E-state index contributed by atoms with van der Waals surface area (Å²) < 4.78 is 24.1. The van der Waals surface area contributed by atoms with Gasteiger partial charge < -0.3 is 0 Å². The summed E-state index contributed by atoms with van der Waals surface area (Å²) in [5.41, 5.74) is 1.99. The fourth-order valence-electron chi connectivity index (χ4n) is 1.55. The highest BCUT2D eigenvalue weighted by Crippen LogP contribution is 2.17. The first-order chi connectivity index (χ1) is 8.97. The molecule has 19 heavy (non-hydrogen) atoms. The lowest BCUT2D eigenvalue weighted by Gasteiger charge is -1.99. The van der Waals surface area contributed by atoms with Crippen molar-refractivity contribution in [3.63, 3.8) is 0 Å². The molecule has 0 fully saturated rings. The van der Waals surface area contributed by atoms with E-state index in [0.717, 1.165) is 11.1 Å². The van der Waals surface area contributed by atoms with Crippen molar-refractivity contribution in [2.75, 3.05) is 0 Å². The van der Waals surface area contributed by atoms with Crippen molar-refractivity contribution in [3.05, 3.63) is 70.1 Å². The Morgan fingerprint density at radius 3 is 2.11 bits per heavy atom. The Hall–Kier alpha value is -1.58. The van der Waals surface area contributed by atoms with Gasteiger partial charge in [-0.3, -0.25) is 0 Å². The fraction of sp³-hybridized carbons (Fsp3) is 0.0667. The van der Waals surface area contributed by atoms with Gasteiger partial charge in [-0.15, -0.1) is 0 Å². The Bertz CT molecular complexity index is 684. The summed E-state index contributed by atoms with van der Waals surface area (Å²) in [6, 6.07) is 13.8. The summed E-state index contributed by atoms with van der Waals surface area (Å²) >= 11 is 5.74. The Morgan fingerprint density at radius 2 is 1.53 bits per heavy atom. The first kappa shape index (κ1) is 13.8. The van der Waals surface area contributed by atoms with Crippen molar-refractivity contribution in [2.24, 2.45) is 0 Å². The van der Waals surface area contributed by atoms with Crippen molar-refractivity contribution in [2.45, 2.75) is 11.8 Å². The number of benzene rings is 2. The lowest BCUT2D eigenvalue weighted by Crippen LogP contribution is -1.95. The maximum Gasteiger partial charge on any atom is 0.199 e. The average molecular weight is 293 g/mol. The molecular weight excluding hydrogens is 280 g/mol. The van der Waals surface area contributed by atoms with E-state index in [2.05, 4.69) is 0 Å². The molecule has 2 aromatic rings. The van der Waals surface area contributed by atoms with Crippen molar-refractivity contribution in [1.82, 2.24) is 0 Å². The molecule has 0 heterocycles. The molecule has 0 spiro atoms. The molecule has 0 unspecified atom stereocenters. The van der Waals surface area contributed by atoms with Gasteiger partial charge in [0, 0.05) is 10.4 Å². The lowest BCUT2D eigenvalue weighted by atomic mass is 10.2. The second-order valence-electron chi connectivity index (χ2n) is 4.21. The summed E-state index contributed by atoms with van der Waals surface area (Å²) in [6.45, 7) is 1.98. The molecule has 0 N–H and O–H groups in total.